The van der Waals surface area contributed by atoms with Crippen LogP contribution >= 0.6 is 0 Å². The summed E-state index contributed by atoms with van der Waals surface area (Å²) in [7, 11) is 0. The van der Waals surface area contributed by atoms with Gasteiger partial charge in [-0.25, -0.2) is 0 Å². The van der Waals surface area contributed by atoms with Crippen molar-refractivity contribution in [1.29, 1.82) is 0 Å². The van der Waals surface area contributed by atoms with Crippen molar-refractivity contribution in [2.75, 3.05) is 26.3 Å². The van der Waals surface area contributed by atoms with Crippen LogP contribution in [0.3, 0.4) is 0 Å². The van der Waals surface area contributed by atoms with Crippen LogP contribution in [-0.2, 0) is 4.79 Å². The van der Waals surface area contributed by atoms with E-state index in [1.165, 1.54) is 4.90 Å². The van der Waals surface area contributed by atoms with Crippen LogP contribution in [0.2, 0.25) is 0 Å². The summed E-state index contributed by atoms with van der Waals surface area (Å²) in [6.45, 7) is -0.219. The Bertz CT molecular complexity index is 315. The van der Waals surface area contributed by atoms with Gasteiger partial charge < -0.3 is 25.3 Å². The SMILES string of the molecule is O=C1C=CC(O)(O)C(N(CCO)CCO)=C1. The fourth-order valence-corrected chi connectivity index (χ4v) is 1.49. The van der Waals surface area contributed by atoms with Gasteiger partial charge in [0, 0.05) is 19.2 Å². The van der Waals surface area contributed by atoms with Crippen LogP contribution in [0.1, 0.15) is 0 Å². The molecule has 6 nitrogen and oxygen atoms in total. The van der Waals surface area contributed by atoms with Crippen molar-refractivity contribution in [1.82, 2.24) is 4.90 Å². The minimum absolute atomic E-state index is 0.0388. The fourth-order valence-electron chi connectivity index (χ4n) is 1.49. The molecule has 6 heteroatoms. The van der Waals surface area contributed by atoms with Gasteiger partial charge in [-0.15, -0.1) is 0 Å². The van der Waals surface area contributed by atoms with E-state index in [9.17, 15) is 15.0 Å². The summed E-state index contributed by atoms with van der Waals surface area (Å²) in [4.78, 5) is 12.5. The van der Waals surface area contributed by atoms with Gasteiger partial charge in [-0.3, -0.25) is 4.79 Å². The number of nitrogens with zero attached hydrogens (tertiary/aromatic N) is 1. The Morgan fingerprint density at radius 3 is 2.25 bits per heavy atom. The molecular formula is C10H15NO5. The monoisotopic (exact) mass is 229 g/mol. The van der Waals surface area contributed by atoms with Crippen molar-refractivity contribution in [2.24, 2.45) is 0 Å². The molecular weight excluding hydrogens is 214 g/mol. The molecule has 0 atom stereocenters. The molecule has 0 unspecified atom stereocenters. The molecule has 0 saturated carbocycles. The Morgan fingerprint density at radius 2 is 1.75 bits per heavy atom. The highest BCUT2D eigenvalue weighted by atomic mass is 16.5. The quantitative estimate of drug-likeness (QED) is 0.406. The number of allylic oxidation sites excluding steroid dienone is 2. The normalized spacial score (nSPS) is 18.5. The number of ketones is 1. The summed E-state index contributed by atoms with van der Waals surface area (Å²) in [5, 5.41) is 36.9. The number of aliphatic hydroxyl groups is 4. The van der Waals surface area contributed by atoms with E-state index in [0.717, 1.165) is 18.2 Å². The standard InChI is InChI=1S/C10H15NO5/c12-5-3-11(4-6-13)9-7-8(14)1-2-10(9,15)16/h1-2,7,12-13,15-16H,3-6H2. The second-order valence-corrected chi connectivity index (χ2v) is 3.43. The van der Waals surface area contributed by atoms with E-state index < -0.39 is 5.79 Å². The highest BCUT2D eigenvalue weighted by Gasteiger charge is 2.32. The number of hydrogen-bond donors (Lipinski definition) is 4. The van der Waals surface area contributed by atoms with Crippen molar-refractivity contribution in [2.45, 2.75) is 5.79 Å². The molecule has 0 aromatic heterocycles. The summed E-state index contributed by atoms with van der Waals surface area (Å²) < 4.78 is 0. The number of rotatable bonds is 5. The molecule has 90 valence electrons. The highest BCUT2D eigenvalue weighted by Crippen LogP contribution is 2.22. The smallest absolute Gasteiger partial charge is 0.225 e. The van der Waals surface area contributed by atoms with Crippen LogP contribution < -0.4 is 0 Å². The molecule has 0 amide bonds. The summed E-state index contributed by atoms with van der Waals surface area (Å²) in [6, 6.07) is 0. The lowest BCUT2D eigenvalue weighted by molar-refractivity contribution is -0.118. The van der Waals surface area contributed by atoms with Gasteiger partial charge in [-0.05, 0) is 12.2 Å². The van der Waals surface area contributed by atoms with Crippen molar-refractivity contribution in [3.63, 3.8) is 0 Å². The largest absolute Gasteiger partial charge is 0.395 e. The average molecular weight is 229 g/mol. The Labute approximate surface area is 92.7 Å². The lowest BCUT2D eigenvalue weighted by Gasteiger charge is -2.33. The Kier molecular flexibility index (Phi) is 4.19. The first kappa shape index (κ1) is 12.9. The molecule has 1 aliphatic carbocycles. The van der Waals surface area contributed by atoms with Gasteiger partial charge >= 0.3 is 0 Å². The fraction of sp³-hybridized carbons (Fsp3) is 0.500. The zero-order chi connectivity index (χ0) is 12.2. The third-order valence-corrected chi connectivity index (χ3v) is 2.22. The van der Waals surface area contributed by atoms with Gasteiger partial charge in [0.05, 0.1) is 18.9 Å². The Balaban J connectivity index is 2.92. The summed E-state index contributed by atoms with van der Waals surface area (Å²) in [6.07, 6.45) is 3.09. The predicted octanol–water partition coefficient (Wildman–Crippen LogP) is -2.02. The molecule has 0 radical (unpaired) electrons. The molecule has 0 aromatic rings. The van der Waals surface area contributed by atoms with Gasteiger partial charge in [0.2, 0.25) is 5.79 Å². The predicted molar refractivity (Wildman–Crippen MR) is 55.1 cm³/mol. The van der Waals surface area contributed by atoms with E-state index in [1.54, 1.807) is 0 Å². The molecule has 0 aliphatic heterocycles. The van der Waals surface area contributed by atoms with E-state index in [4.69, 9.17) is 10.2 Å². The number of aliphatic hydroxyl groups excluding tert-OH is 2. The molecule has 4 N–H and O–H groups in total. The molecule has 1 aliphatic rings. The van der Waals surface area contributed by atoms with Gasteiger partial charge in [0.15, 0.2) is 5.78 Å². The maximum absolute atomic E-state index is 11.1. The minimum atomic E-state index is -2.24. The highest BCUT2D eigenvalue weighted by molar-refractivity contribution is 6.01. The maximum Gasteiger partial charge on any atom is 0.225 e. The third-order valence-electron chi connectivity index (χ3n) is 2.22. The maximum atomic E-state index is 11.1. The molecule has 0 saturated heterocycles. The van der Waals surface area contributed by atoms with Crippen LogP contribution in [0.25, 0.3) is 0 Å². The molecule has 0 bridgehead atoms. The number of carbonyl (C=O) groups excluding carboxylic acids is 1. The van der Waals surface area contributed by atoms with E-state index in [2.05, 4.69) is 0 Å². The van der Waals surface area contributed by atoms with Crippen molar-refractivity contribution in [3.8, 4) is 0 Å². The van der Waals surface area contributed by atoms with E-state index in [1.807, 2.05) is 0 Å². The van der Waals surface area contributed by atoms with E-state index in [0.29, 0.717) is 0 Å². The van der Waals surface area contributed by atoms with E-state index in [-0.39, 0.29) is 37.8 Å². The van der Waals surface area contributed by atoms with Crippen LogP contribution in [-0.4, -0.2) is 63.2 Å². The van der Waals surface area contributed by atoms with Crippen LogP contribution in [0, 0.1) is 0 Å². The zero-order valence-electron chi connectivity index (χ0n) is 8.70. The molecule has 1 rings (SSSR count). The first-order chi connectivity index (χ1) is 7.51. The molecule has 0 heterocycles. The van der Waals surface area contributed by atoms with Gasteiger partial charge in [-0.2, -0.15) is 0 Å². The van der Waals surface area contributed by atoms with Crippen LogP contribution in [0.5, 0.6) is 0 Å². The Morgan fingerprint density at radius 1 is 1.19 bits per heavy atom. The van der Waals surface area contributed by atoms with Crippen LogP contribution in [0.15, 0.2) is 23.9 Å². The summed E-state index contributed by atoms with van der Waals surface area (Å²) >= 11 is 0. The molecule has 0 aromatic carbocycles. The number of hydrogen-bond acceptors (Lipinski definition) is 6. The third kappa shape index (κ3) is 2.89. The lowest BCUT2D eigenvalue weighted by Crippen LogP contribution is -2.43. The van der Waals surface area contributed by atoms with Gasteiger partial charge in [-0.1, -0.05) is 0 Å². The van der Waals surface area contributed by atoms with Gasteiger partial charge in [0.1, 0.15) is 0 Å². The topological polar surface area (TPSA) is 101 Å². The first-order valence-corrected chi connectivity index (χ1v) is 4.88. The molecule has 0 fully saturated rings. The van der Waals surface area contributed by atoms with Crippen molar-refractivity contribution >= 4 is 5.78 Å². The van der Waals surface area contributed by atoms with Crippen LogP contribution in [0.4, 0.5) is 0 Å². The molecule has 0 spiro atoms. The second kappa shape index (κ2) is 5.22. The molecule has 16 heavy (non-hydrogen) atoms. The summed E-state index contributed by atoms with van der Waals surface area (Å²) in [5.74, 6) is -2.60. The average Bonchev–Trinajstić information content (AvgIpc) is 2.22. The Hall–Kier alpha value is -1.21. The second-order valence-electron chi connectivity index (χ2n) is 3.43. The number of carbonyl (C=O) groups is 1. The van der Waals surface area contributed by atoms with Crippen molar-refractivity contribution < 1.29 is 25.2 Å². The minimum Gasteiger partial charge on any atom is -0.395 e. The van der Waals surface area contributed by atoms with Crippen molar-refractivity contribution in [3.05, 3.63) is 23.9 Å². The van der Waals surface area contributed by atoms with Gasteiger partial charge in [0.25, 0.3) is 0 Å². The lowest BCUT2D eigenvalue weighted by atomic mass is 10.0. The van der Waals surface area contributed by atoms with E-state index >= 15 is 0 Å². The summed E-state index contributed by atoms with van der Waals surface area (Å²) in [5.41, 5.74) is -0.0388. The first-order valence-electron chi connectivity index (χ1n) is 4.88. The zero-order valence-corrected chi connectivity index (χ0v) is 8.70.